The van der Waals surface area contributed by atoms with E-state index in [1.165, 1.54) is 6.33 Å². The number of rotatable bonds is 10. The fourth-order valence-corrected chi connectivity index (χ4v) is 5.20. The van der Waals surface area contributed by atoms with Crippen LogP contribution in [0.2, 0.25) is 5.02 Å². The van der Waals surface area contributed by atoms with Crippen LogP contribution < -0.4 is 21.5 Å². The second-order valence-corrected chi connectivity index (χ2v) is 10.9. The SMILES string of the molecule is C[C@@H](N)[C@H](CNc1cc(F)c(S(=O)(=O)Nc2ncns2)cc1Cl)CC(N)C1(C)CC1. The zero-order valence-electron chi connectivity index (χ0n) is 16.7. The van der Waals surface area contributed by atoms with Gasteiger partial charge in [0, 0.05) is 30.2 Å². The molecule has 3 atom stereocenters. The van der Waals surface area contributed by atoms with E-state index in [-0.39, 0.29) is 33.6 Å². The molecule has 1 heterocycles. The fourth-order valence-electron chi connectivity index (χ4n) is 3.16. The maximum atomic E-state index is 14.6. The average Bonchev–Trinajstić information content (AvgIpc) is 3.21. The lowest BCUT2D eigenvalue weighted by Crippen LogP contribution is -2.40. The van der Waals surface area contributed by atoms with Crippen LogP contribution in [0.25, 0.3) is 0 Å². The summed E-state index contributed by atoms with van der Waals surface area (Å²) in [6, 6.07) is 2.06. The predicted molar refractivity (Wildman–Crippen MR) is 118 cm³/mol. The molecule has 0 radical (unpaired) electrons. The molecule has 0 saturated heterocycles. The minimum absolute atomic E-state index is 0.0354. The van der Waals surface area contributed by atoms with Crippen molar-refractivity contribution in [3.63, 3.8) is 0 Å². The van der Waals surface area contributed by atoms with Gasteiger partial charge >= 0.3 is 0 Å². The van der Waals surface area contributed by atoms with Gasteiger partial charge in [-0.1, -0.05) is 18.5 Å². The number of anilines is 2. The first kappa shape index (κ1) is 23.1. The number of nitrogens with one attached hydrogen (secondary N) is 2. The third-order valence-electron chi connectivity index (χ3n) is 5.68. The molecule has 1 aliphatic carbocycles. The van der Waals surface area contributed by atoms with Crippen molar-refractivity contribution >= 4 is 44.0 Å². The van der Waals surface area contributed by atoms with Gasteiger partial charge in [-0.25, -0.2) is 17.8 Å². The highest BCUT2D eigenvalue weighted by Crippen LogP contribution is 2.48. The molecule has 0 spiro atoms. The van der Waals surface area contributed by atoms with Gasteiger partial charge in [0.25, 0.3) is 10.0 Å². The number of hydrogen-bond acceptors (Lipinski definition) is 8. The molecule has 1 aliphatic rings. The van der Waals surface area contributed by atoms with Crippen molar-refractivity contribution in [1.82, 2.24) is 9.36 Å². The molecule has 1 fully saturated rings. The normalized spacial score (nSPS) is 18.5. The van der Waals surface area contributed by atoms with E-state index in [2.05, 4.69) is 26.3 Å². The quantitative estimate of drug-likeness (QED) is 0.413. The van der Waals surface area contributed by atoms with Crippen molar-refractivity contribution < 1.29 is 12.8 Å². The number of sulfonamides is 1. The lowest BCUT2D eigenvalue weighted by molar-refractivity contribution is 0.323. The third kappa shape index (κ3) is 5.38. The summed E-state index contributed by atoms with van der Waals surface area (Å²) in [6.45, 7) is 4.52. The molecule has 1 unspecified atom stereocenters. The van der Waals surface area contributed by atoms with Gasteiger partial charge in [-0.3, -0.25) is 4.72 Å². The van der Waals surface area contributed by atoms with Gasteiger partial charge in [0.15, 0.2) is 0 Å². The Morgan fingerprint density at radius 3 is 2.63 bits per heavy atom. The molecule has 12 heteroatoms. The summed E-state index contributed by atoms with van der Waals surface area (Å²) in [7, 11) is -4.19. The molecule has 2 aromatic rings. The summed E-state index contributed by atoms with van der Waals surface area (Å²) >= 11 is 7.08. The van der Waals surface area contributed by atoms with Crippen molar-refractivity contribution in [2.24, 2.45) is 22.8 Å². The Hall–Kier alpha value is -1.53. The first-order valence-corrected chi connectivity index (χ1v) is 12.2. The number of aromatic nitrogens is 2. The lowest BCUT2D eigenvalue weighted by atomic mass is 9.86. The molecule has 0 aliphatic heterocycles. The molecule has 0 amide bonds. The third-order valence-corrected chi connectivity index (χ3v) is 8.06. The molecule has 3 rings (SSSR count). The summed E-state index contributed by atoms with van der Waals surface area (Å²) in [6.07, 6.45) is 4.17. The van der Waals surface area contributed by atoms with Crippen molar-refractivity contribution in [3.8, 4) is 0 Å². The summed E-state index contributed by atoms with van der Waals surface area (Å²) in [5, 5.41) is 3.21. The van der Waals surface area contributed by atoms with Gasteiger partial charge < -0.3 is 16.8 Å². The molecule has 6 N–H and O–H groups in total. The highest BCUT2D eigenvalue weighted by molar-refractivity contribution is 7.93. The smallest absolute Gasteiger partial charge is 0.266 e. The molecule has 1 aromatic heterocycles. The van der Waals surface area contributed by atoms with Crippen LogP contribution in [0, 0.1) is 17.2 Å². The van der Waals surface area contributed by atoms with Crippen LogP contribution in [0.15, 0.2) is 23.4 Å². The summed E-state index contributed by atoms with van der Waals surface area (Å²) in [5.74, 6) is -0.877. The second-order valence-electron chi connectivity index (χ2n) is 8.11. The second kappa shape index (κ2) is 8.91. The topological polar surface area (TPSA) is 136 Å². The maximum absolute atomic E-state index is 14.6. The molecule has 30 heavy (non-hydrogen) atoms. The number of hydrogen-bond donors (Lipinski definition) is 4. The zero-order valence-corrected chi connectivity index (χ0v) is 19.1. The van der Waals surface area contributed by atoms with Gasteiger partial charge in [-0.2, -0.15) is 4.37 Å². The highest BCUT2D eigenvalue weighted by Gasteiger charge is 2.43. The van der Waals surface area contributed by atoms with Crippen LogP contribution in [0.4, 0.5) is 15.2 Å². The molecule has 8 nitrogen and oxygen atoms in total. The minimum Gasteiger partial charge on any atom is -0.383 e. The van der Waals surface area contributed by atoms with E-state index >= 15 is 0 Å². The predicted octanol–water partition coefficient (Wildman–Crippen LogP) is 3.02. The van der Waals surface area contributed by atoms with E-state index in [1.54, 1.807) is 0 Å². The Kier molecular flexibility index (Phi) is 6.87. The Labute approximate surface area is 184 Å². The number of nitrogens with two attached hydrogens (primary N) is 2. The van der Waals surface area contributed by atoms with E-state index in [0.717, 1.165) is 42.9 Å². The van der Waals surface area contributed by atoms with Crippen LogP contribution in [0.3, 0.4) is 0 Å². The van der Waals surface area contributed by atoms with Crippen molar-refractivity contribution in [1.29, 1.82) is 0 Å². The van der Waals surface area contributed by atoms with E-state index in [1.807, 2.05) is 6.92 Å². The monoisotopic (exact) mass is 476 g/mol. The number of benzene rings is 1. The van der Waals surface area contributed by atoms with Crippen molar-refractivity contribution in [3.05, 3.63) is 29.3 Å². The van der Waals surface area contributed by atoms with Crippen LogP contribution in [0.1, 0.15) is 33.1 Å². The van der Waals surface area contributed by atoms with Crippen molar-refractivity contribution in [2.45, 2.75) is 50.1 Å². The van der Waals surface area contributed by atoms with Crippen LogP contribution in [0.5, 0.6) is 0 Å². The molecular formula is C18H26ClFN6O2S2. The summed E-state index contributed by atoms with van der Waals surface area (Å²) in [4.78, 5) is 3.17. The van der Waals surface area contributed by atoms with Gasteiger partial charge in [0.05, 0.1) is 10.7 Å². The van der Waals surface area contributed by atoms with Crippen molar-refractivity contribution in [2.75, 3.05) is 16.6 Å². The average molecular weight is 477 g/mol. The zero-order chi connectivity index (χ0) is 22.1. The Balaban J connectivity index is 1.71. The highest BCUT2D eigenvalue weighted by atomic mass is 35.5. The van der Waals surface area contributed by atoms with E-state index in [4.69, 9.17) is 23.1 Å². The number of nitrogens with zero attached hydrogens (tertiary/aromatic N) is 2. The molecular weight excluding hydrogens is 451 g/mol. The number of halogens is 2. The fraction of sp³-hybridized carbons (Fsp3) is 0.556. The first-order valence-electron chi connectivity index (χ1n) is 9.55. The van der Waals surface area contributed by atoms with Gasteiger partial charge in [-0.15, -0.1) is 0 Å². The largest absolute Gasteiger partial charge is 0.383 e. The van der Waals surface area contributed by atoms with Crippen LogP contribution in [-0.2, 0) is 10.0 Å². The minimum atomic E-state index is -4.19. The molecule has 1 saturated carbocycles. The van der Waals surface area contributed by atoms with E-state index < -0.39 is 20.7 Å². The lowest BCUT2D eigenvalue weighted by Gasteiger charge is -2.28. The van der Waals surface area contributed by atoms with E-state index in [9.17, 15) is 12.8 Å². The van der Waals surface area contributed by atoms with Crippen LogP contribution >= 0.6 is 23.1 Å². The molecule has 166 valence electrons. The first-order chi connectivity index (χ1) is 14.0. The van der Waals surface area contributed by atoms with Gasteiger partial charge in [-0.05, 0) is 49.7 Å². The maximum Gasteiger partial charge on any atom is 0.266 e. The van der Waals surface area contributed by atoms with Gasteiger partial charge in [0.1, 0.15) is 17.0 Å². The summed E-state index contributed by atoms with van der Waals surface area (Å²) in [5.41, 5.74) is 12.9. The van der Waals surface area contributed by atoms with Crippen LogP contribution in [-0.4, -0.2) is 36.4 Å². The van der Waals surface area contributed by atoms with E-state index in [0.29, 0.717) is 12.2 Å². The summed E-state index contributed by atoms with van der Waals surface area (Å²) < 4.78 is 45.4. The Bertz CT molecular complexity index is 983. The molecule has 1 aromatic carbocycles. The Morgan fingerprint density at radius 1 is 1.37 bits per heavy atom. The standard InChI is InChI=1S/C18H26ClFN6O2S2/c1-10(21)11(5-16(22)18(2)3-4-18)8-23-14-7-13(20)15(6-12(14)19)30(27,28)26-17-24-9-25-29-17/h6-7,9-11,16,23H,3-5,8,21-22H2,1-2H3,(H,24,25,26)/t10-,11+,16?/m1/s1. The molecule has 0 bridgehead atoms. The Morgan fingerprint density at radius 2 is 2.07 bits per heavy atom. The van der Waals surface area contributed by atoms with Gasteiger partial charge in [0.2, 0.25) is 5.13 Å².